The number of fused-ring (bicyclic) bond motifs is 4. The van der Waals surface area contributed by atoms with Gasteiger partial charge in [0.25, 0.3) is 5.69 Å². The van der Waals surface area contributed by atoms with E-state index in [1.807, 2.05) is 12.1 Å². The number of nitro benzene ring substituents is 1. The minimum atomic E-state index is -0.326. The smallest absolute Gasteiger partial charge is 0.271 e. The summed E-state index contributed by atoms with van der Waals surface area (Å²) in [6.45, 7) is 3.67. The molecule has 6 heteroatoms. The Kier molecular flexibility index (Phi) is 3.63. The van der Waals surface area contributed by atoms with Crippen LogP contribution in [0.1, 0.15) is 5.56 Å². The summed E-state index contributed by atoms with van der Waals surface area (Å²) in [6, 6.07) is 5.67. The van der Waals surface area contributed by atoms with Gasteiger partial charge in [-0.1, -0.05) is 23.7 Å². The third kappa shape index (κ3) is 2.39. The first-order chi connectivity index (χ1) is 9.69. The lowest BCUT2D eigenvalue weighted by Gasteiger charge is -2.46. The van der Waals surface area contributed by atoms with Crippen LogP contribution in [0.15, 0.2) is 29.8 Å². The van der Waals surface area contributed by atoms with Gasteiger partial charge in [0.15, 0.2) is 0 Å². The van der Waals surface area contributed by atoms with E-state index in [0.29, 0.717) is 6.04 Å². The zero-order chi connectivity index (χ0) is 14.1. The highest BCUT2D eigenvalue weighted by Crippen LogP contribution is 2.34. The third-order valence-corrected chi connectivity index (χ3v) is 4.29. The van der Waals surface area contributed by atoms with E-state index in [4.69, 9.17) is 11.6 Å². The van der Waals surface area contributed by atoms with E-state index in [2.05, 4.69) is 9.80 Å². The monoisotopic (exact) mass is 293 g/mol. The van der Waals surface area contributed by atoms with Crippen LogP contribution in [0.3, 0.4) is 0 Å². The first-order valence-electron chi connectivity index (χ1n) is 6.70. The van der Waals surface area contributed by atoms with Gasteiger partial charge in [-0.15, -0.1) is 0 Å². The molecule has 0 N–H and O–H groups in total. The van der Waals surface area contributed by atoms with Gasteiger partial charge in [-0.25, -0.2) is 0 Å². The molecule has 5 nitrogen and oxygen atoms in total. The molecule has 0 aliphatic carbocycles. The Balaban J connectivity index is 1.86. The molecule has 2 aliphatic heterocycles. The highest BCUT2D eigenvalue weighted by atomic mass is 35.5. The molecule has 1 atom stereocenters. The van der Waals surface area contributed by atoms with Crippen molar-refractivity contribution < 1.29 is 4.92 Å². The zero-order valence-corrected chi connectivity index (χ0v) is 11.8. The van der Waals surface area contributed by atoms with Gasteiger partial charge in [0.05, 0.1) is 4.92 Å². The average Bonchev–Trinajstić information content (AvgIpc) is 2.46. The van der Waals surface area contributed by atoms with Gasteiger partial charge >= 0.3 is 0 Å². The van der Waals surface area contributed by atoms with Gasteiger partial charge in [-0.3, -0.25) is 15.0 Å². The lowest BCUT2D eigenvalue weighted by molar-refractivity contribution is -0.384. The van der Waals surface area contributed by atoms with Crippen molar-refractivity contribution >= 4 is 23.0 Å². The Bertz CT molecular complexity index is 561. The Morgan fingerprint density at radius 1 is 1.45 bits per heavy atom. The van der Waals surface area contributed by atoms with Gasteiger partial charge in [-0.05, 0) is 12.0 Å². The molecule has 2 aliphatic rings. The predicted molar refractivity (Wildman–Crippen MR) is 79.4 cm³/mol. The maximum atomic E-state index is 10.9. The molecule has 2 bridgehead atoms. The van der Waals surface area contributed by atoms with Crippen LogP contribution in [0.5, 0.6) is 0 Å². The molecule has 3 rings (SSSR count). The van der Waals surface area contributed by atoms with Crippen LogP contribution in [-0.4, -0.2) is 42.0 Å². The van der Waals surface area contributed by atoms with E-state index >= 15 is 0 Å². The van der Waals surface area contributed by atoms with Crippen molar-refractivity contribution in [2.24, 2.45) is 0 Å². The molecule has 1 saturated heterocycles. The fourth-order valence-corrected chi connectivity index (χ4v) is 3.19. The van der Waals surface area contributed by atoms with Crippen molar-refractivity contribution in [3.05, 3.63) is 45.5 Å². The average molecular weight is 294 g/mol. The normalized spacial score (nSPS) is 22.1. The summed E-state index contributed by atoms with van der Waals surface area (Å²) in [5, 5.41) is 10.9. The number of anilines is 1. The standard InChI is InChI=1S/C14H16ClN3O2/c15-4-1-5-16-6-7-17-10-13(16)8-11-2-3-12(18(19)20)9-14(11)17/h1-4,9,13H,5-8,10H2. The Hall–Kier alpha value is -1.59. The number of piperazine rings is 1. The number of nitro groups is 1. The summed E-state index contributed by atoms with van der Waals surface area (Å²) >= 11 is 5.60. The molecule has 2 heterocycles. The summed E-state index contributed by atoms with van der Waals surface area (Å²) < 4.78 is 0. The fraction of sp³-hybridized carbons (Fsp3) is 0.429. The Morgan fingerprint density at radius 2 is 2.30 bits per heavy atom. The number of benzene rings is 1. The van der Waals surface area contributed by atoms with E-state index in [0.717, 1.165) is 38.3 Å². The van der Waals surface area contributed by atoms with Crippen molar-refractivity contribution in [2.45, 2.75) is 12.5 Å². The molecule has 0 radical (unpaired) electrons. The van der Waals surface area contributed by atoms with Crippen molar-refractivity contribution in [1.29, 1.82) is 0 Å². The molecule has 20 heavy (non-hydrogen) atoms. The molecule has 1 aromatic rings. The second-order valence-corrected chi connectivity index (χ2v) is 5.48. The summed E-state index contributed by atoms with van der Waals surface area (Å²) in [4.78, 5) is 15.2. The van der Waals surface area contributed by atoms with E-state index in [9.17, 15) is 10.1 Å². The molecule has 106 valence electrons. The first-order valence-corrected chi connectivity index (χ1v) is 7.14. The molecule has 1 unspecified atom stereocenters. The summed E-state index contributed by atoms with van der Waals surface area (Å²) in [5.41, 5.74) is 3.97. The second kappa shape index (κ2) is 5.42. The molecule has 0 amide bonds. The number of hydrogen-bond donors (Lipinski definition) is 0. The minimum absolute atomic E-state index is 0.176. The summed E-state index contributed by atoms with van der Waals surface area (Å²) in [6.07, 6.45) is 2.91. The molecular formula is C14H16ClN3O2. The van der Waals surface area contributed by atoms with E-state index in [1.54, 1.807) is 17.7 Å². The van der Waals surface area contributed by atoms with Crippen LogP contribution in [0.2, 0.25) is 0 Å². The summed E-state index contributed by atoms with van der Waals surface area (Å²) in [7, 11) is 0. The molecule has 0 aromatic heterocycles. The highest BCUT2D eigenvalue weighted by molar-refractivity contribution is 6.25. The zero-order valence-electron chi connectivity index (χ0n) is 11.0. The first kappa shape index (κ1) is 13.4. The van der Waals surface area contributed by atoms with Crippen molar-refractivity contribution in [3.8, 4) is 0 Å². The van der Waals surface area contributed by atoms with Crippen LogP contribution < -0.4 is 4.90 Å². The number of nitrogens with zero attached hydrogens (tertiary/aromatic N) is 3. The van der Waals surface area contributed by atoms with E-state index in [1.165, 1.54) is 5.56 Å². The maximum Gasteiger partial charge on any atom is 0.271 e. The van der Waals surface area contributed by atoms with E-state index < -0.39 is 0 Å². The van der Waals surface area contributed by atoms with Crippen molar-refractivity contribution in [2.75, 3.05) is 31.1 Å². The van der Waals surface area contributed by atoms with Crippen LogP contribution in [-0.2, 0) is 6.42 Å². The largest absolute Gasteiger partial charge is 0.368 e. The lowest BCUT2D eigenvalue weighted by Crippen LogP contribution is -2.56. The van der Waals surface area contributed by atoms with Gasteiger partial charge in [-0.2, -0.15) is 0 Å². The van der Waals surface area contributed by atoms with Gasteiger partial charge in [0, 0.05) is 55.6 Å². The second-order valence-electron chi connectivity index (χ2n) is 5.23. The molecule has 0 spiro atoms. The molecular weight excluding hydrogens is 278 g/mol. The number of rotatable bonds is 3. The third-order valence-electron chi connectivity index (χ3n) is 4.11. The summed E-state index contributed by atoms with van der Waals surface area (Å²) in [5.74, 6) is 0. The van der Waals surface area contributed by atoms with Crippen LogP contribution in [0.25, 0.3) is 0 Å². The topological polar surface area (TPSA) is 49.6 Å². The molecule has 1 aromatic carbocycles. The Labute approximate surface area is 122 Å². The van der Waals surface area contributed by atoms with Crippen LogP contribution in [0.4, 0.5) is 11.4 Å². The van der Waals surface area contributed by atoms with Crippen molar-refractivity contribution in [3.63, 3.8) is 0 Å². The Morgan fingerprint density at radius 3 is 3.05 bits per heavy atom. The maximum absolute atomic E-state index is 10.9. The fourth-order valence-electron chi connectivity index (χ4n) is 3.11. The minimum Gasteiger partial charge on any atom is -0.368 e. The SMILES string of the molecule is O=[N+]([O-])c1ccc2c(c1)N1CCN(CC=CCl)C(C2)C1. The van der Waals surface area contributed by atoms with E-state index in [-0.39, 0.29) is 10.6 Å². The van der Waals surface area contributed by atoms with Crippen LogP contribution >= 0.6 is 11.6 Å². The number of halogens is 1. The quantitative estimate of drug-likeness (QED) is 0.634. The molecule has 0 saturated carbocycles. The highest BCUT2D eigenvalue weighted by Gasteiger charge is 2.33. The van der Waals surface area contributed by atoms with Crippen molar-refractivity contribution in [1.82, 2.24) is 4.90 Å². The van der Waals surface area contributed by atoms with Gasteiger partial charge < -0.3 is 4.90 Å². The predicted octanol–water partition coefficient (Wildman–Crippen LogP) is 2.39. The van der Waals surface area contributed by atoms with Gasteiger partial charge in [0.2, 0.25) is 0 Å². The molecule has 1 fully saturated rings. The van der Waals surface area contributed by atoms with Crippen LogP contribution in [0, 0.1) is 10.1 Å². The number of non-ortho nitro benzene ring substituents is 1. The number of hydrogen-bond acceptors (Lipinski definition) is 4. The van der Waals surface area contributed by atoms with Gasteiger partial charge in [0.1, 0.15) is 0 Å². The lowest BCUT2D eigenvalue weighted by atomic mass is 9.94.